The van der Waals surface area contributed by atoms with Crippen LogP contribution in [-0.2, 0) is 0 Å². The Morgan fingerprint density at radius 3 is 2.38 bits per heavy atom. The molecule has 0 bridgehead atoms. The Morgan fingerprint density at radius 2 is 1.50 bits per heavy atom. The van der Waals surface area contributed by atoms with E-state index in [1.807, 2.05) is 24.3 Å². The number of nitro groups is 1. The zero-order chi connectivity index (χ0) is 22.8. The molecule has 2 aliphatic heterocycles. The van der Waals surface area contributed by atoms with Crippen molar-refractivity contribution in [1.29, 1.82) is 0 Å². The molecule has 1 unspecified atom stereocenters. The van der Waals surface area contributed by atoms with Gasteiger partial charge in [0.1, 0.15) is 0 Å². The van der Waals surface area contributed by atoms with Gasteiger partial charge in [0, 0.05) is 40.0 Å². The molecule has 4 aromatic carbocycles. The maximum Gasteiger partial charge on any atom is 0.278 e. The number of H-pyrrole nitrogens is 1. The number of benzene rings is 4. The molecule has 7 rings (SSSR count). The van der Waals surface area contributed by atoms with E-state index >= 15 is 0 Å². The molecular weight excluding hydrogens is 422 g/mol. The van der Waals surface area contributed by atoms with Gasteiger partial charge in [0.05, 0.1) is 22.2 Å². The highest BCUT2D eigenvalue weighted by atomic mass is 16.6. The monoisotopic (exact) mass is 441 g/mol. The Balaban J connectivity index is 1.64. The summed E-state index contributed by atoms with van der Waals surface area (Å²) in [6, 6.07) is 29.9. The SMILES string of the molecule is O=[N+]([O-])c1ccccc1C1=Cc2ccccc2C2c3c[nH]c4cccc(c34)-c3ccccc3N12. The van der Waals surface area contributed by atoms with Gasteiger partial charge in [-0.25, -0.2) is 0 Å². The first-order valence-electron chi connectivity index (χ1n) is 11.3. The number of hydrogen-bond donors (Lipinski definition) is 1. The highest BCUT2D eigenvalue weighted by Crippen LogP contribution is 2.53. The minimum absolute atomic E-state index is 0.102. The summed E-state index contributed by atoms with van der Waals surface area (Å²) in [5.74, 6) is 0. The molecule has 0 saturated carbocycles. The minimum atomic E-state index is -0.293. The third kappa shape index (κ3) is 2.49. The van der Waals surface area contributed by atoms with E-state index in [1.54, 1.807) is 12.1 Å². The first kappa shape index (κ1) is 18.9. The maximum atomic E-state index is 12.0. The summed E-state index contributed by atoms with van der Waals surface area (Å²) in [4.78, 5) is 17.5. The van der Waals surface area contributed by atoms with Gasteiger partial charge < -0.3 is 9.88 Å². The Labute approximate surface area is 195 Å². The number of aromatic amines is 1. The van der Waals surface area contributed by atoms with Crippen molar-refractivity contribution < 1.29 is 4.92 Å². The molecule has 1 atom stereocenters. The predicted octanol–water partition coefficient (Wildman–Crippen LogP) is 7.16. The molecule has 0 aliphatic carbocycles. The van der Waals surface area contributed by atoms with Crippen LogP contribution in [0.2, 0.25) is 0 Å². The van der Waals surface area contributed by atoms with Gasteiger partial charge in [-0.15, -0.1) is 0 Å². The third-order valence-electron chi connectivity index (χ3n) is 6.96. The van der Waals surface area contributed by atoms with Crippen LogP contribution in [0.4, 0.5) is 11.4 Å². The van der Waals surface area contributed by atoms with Crippen LogP contribution in [0.3, 0.4) is 0 Å². The van der Waals surface area contributed by atoms with E-state index in [9.17, 15) is 10.1 Å². The fourth-order valence-corrected chi connectivity index (χ4v) is 5.58. The second-order valence-electron chi connectivity index (χ2n) is 8.69. The van der Waals surface area contributed by atoms with Crippen molar-refractivity contribution in [3.05, 3.63) is 130 Å². The van der Waals surface area contributed by atoms with Gasteiger partial charge >= 0.3 is 0 Å². The molecule has 5 nitrogen and oxygen atoms in total. The number of fused-ring (bicyclic) bond motifs is 7. The second-order valence-corrected chi connectivity index (χ2v) is 8.69. The molecule has 0 fully saturated rings. The average molecular weight is 441 g/mol. The number of anilines is 1. The summed E-state index contributed by atoms with van der Waals surface area (Å²) < 4.78 is 0. The van der Waals surface area contributed by atoms with Crippen LogP contribution < -0.4 is 4.90 Å². The van der Waals surface area contributed by atoms with Crippen LogP contribution in [0.5, 0.6) is 0 Å². The zero-order valence-electron chi connectivity index (χ0n) is 18.1. The quantitative estimate of drug-likeness (QED) is 0.233. The lowest BCUT2D eigenvalue weighted by Gasteiger charge is -2.39. The number of rotatable bonds is 2. The molecule has 0 saturated heterocycles. The van der Waals surface area contributed by atoms with Crippen molar-refractivity contribution in [3.63, 3.8) is 0 Å². The number of hydrogen-bond acceptors (Lipinski definition) is 3. The van der Waals surface area contributed by atoms with Gasteiger partial charge in [-0.2, -0.15) is 0 Å². The fraction of sp³-hybridized carbons (Fsp3) is 0.0345. The molecule has 0 amide bonds. The van der Waals surface area contributed by atoms with Gasteiger partial charge in [0.25, 0.3) is 5.69 Å². The van der Waals surface area contributed by atoms with Crippen LogP contribution in [0, 0.1) is 10.1 Å². The van der Waals surface area contributed by atoms with E-state index in [2.05, 4.69) is 76.8 Å². The highest BCUT2D eigenvalue weighted by molar-refractivity contribution is 6.08. The lowest BCUT2D eigenvalue weighted by atomic mass is 9.87. The van der Waals surface area contributed by atoms with Crippen molar-refractivity contribution in [2.24, 2.45) is 0 Å². The molecule has 34 heavy (non-hydrogen) atoms. The van der Waals surface area contributed by atoms with E-state index < -0.39 is 0 Å². The van der Waals surface area contributed by atoms with Crippen LogP contribution in [-0.4, -0.2) is 9.91 Å². The van der Waals surface area contributed by atoms with Crippen molar-refractivity contribution >= 4 is 34.1 Å². The molecule has 1 N–H and O–H groups in total. The maximum absolute atomic E-state index is 12.0. The summed E-state index contributed by atoms with van der Waals surface area (Å²) in [5, 5.41) is 13.2. The third-order valence-corrected chi connectivity index (χ3v) is 6.96. The van der Waals surface area contributed by atoms with Gasteiger partial charge in [0.15, 0.2) is 0 Å². The van der Waals surface area contributed by atoms with Gasteiger partial charge in [-0.3, -0.25) is 10.1 Å². The van der Waals surface area contributed by atoms with Crippen molar-refractivity contribution in [1.82, 2.24) is 4.98 Å². The van der Waals surface area contributed by atoms with Crippen molar-refractivity contribution in [2.75, 3.05) is 4.90 Å². The summed E-state index contributed by atoms with van der Waals surface area (Å²) in [6.45, 7) is 0. The summed E-state index contributed by atoms with van der Waals surface area (Å²) in [6.07, 6.45) is 4.18. The zero-order valence-corrected chi connectivity index (χ0v) is 18.1. The van der Waals surface area contributed by atoms with Crippen LogP contribution >= 0.6 is 0 Å². The van der Waals surface area contributed by atoms with E-state index in [1.165, 1.54) is 16.5 Å². The first-order chi connectivity index (χ1) is 16.7. The molecule has 0 radical (unpaired) electrons. The smallest absolute Gasteiger partial charge is 0.278 e. The lowest BCUT2D eigenvalue weighted by Crippen LogP contribution is -2.31. The van der Waals surface area contributed by atoms with Gasteiger partial charge in [-0.05, 0) is 41.0 Å². The van der Waals surface area contributed by atoms with E-state index in [0.717, 1.165) is 33.6 Å². The molecule has 3 heterocycles. The number of nitrogens with zero attached hydrogens (tertiary/aromatic N) is 2. The average Bonchev–Trinajstić information content (AvgIpc) is 3.26. The van der Waals surface area contributed by atoms with Crippen molar-refractivity contribution in [2.45, 2.75) is 6.04 Å². The molecule has 1 aromatic heterocycles. The van der Waals surface area contributed by atoms with Gasteiger partial charge in [-0.1, -0.05) is 66.7 Å². The first-order valence-corrected chi connectivity index (χ1v) is 11.3. The van der Waals surface area contributed by atoms with Crippen LogP contribution in [0.15, 0.2) is 97.2 Å². The molecule has 5 aromatic rings. The molecule has 2 aliphatic rings. The van der Waals surface area contributed by atoms with Crippen LogP contribution in [0.25, 0.3) is 33.8 Å². The molecular formula is C29H19N3O2. The van der Waals surface area contributed by atoms with Crippen LogP contribution in [0.1, 0.15) is 28.3 Å². The van der Waals surface area contributed by atoms with E-state index in [-0.39, 0.29) is 16.7 Å². The predicted molar refractivity (Wildman–Crippen MR) is 135 cm³/mol. The largest absolute Gasteiger partial charge is 0.361 e. The minimum Gasteiger partial charge on any atom is -0.361 e. The number of nitro benzene ring substituents is 1. The summed E-state index contributed by atoms with van der Waals surface area (Å²) in [5.41, 5.74) is 9.35. The molecule has 0 spiro atoms. The lowest BCUT2D eigenvalue weighted by molar-refractivity contribution is -0.385. The fourth-order valence-electron chi connectivity index (χ4n) is 5.58. The van der Waals surface area contributed by atoms with E-state index in [4.69, 9.17) is 0 Å². The van der Waals surface area contributed by atoms with Gasteiger partial charge in [0.2, 0.25) is 0 Å². The standard InChI is InChI=1S/C29H19N3O2/c33-32(34)26-15-6-4-11-22(26)27-16-18-8-1-2-9-19(18)29-23-17-30-24-13-7-12-21(28(23)24)20-10-3-5-14-25(20)31(27)29/h1-17,29-30H. The Kier molecular flexibility index (Phi) is 3.85. The topological polar surface area (TPSA) is 62.2 Å². The number of aromatic nitrogens is 1. The molecule has 5 heteroatoms. The second kappa shape index (κ2) is 6.93. The number of nitrogens with one attached hydrogen (secondary N) is 1. The highest BCUT2D eigenvalue weighted by Gasteiger charge is 2.38. The molecule has 162 valence electrons. The Hall–Kier alpha value is -4.64. The normalized spacial score (nSPS) is 15.7. The number of para-hydroxylation sites is 2. The summed E-state index contributed by atoms with van der Waals surface area (Å²) >= 11 is 0. The Bertz CT molecular complexity index is 1660. The van der Waals surface area contributed by atoms with Crippen molar-refractivity contribution in [3.8, 4) is 11.1 Å². The van der Waals surface area contributed by atoms with E-state index in [0.29, 0.717) is 5.56 Å². The summed E-state index contributed by atoms with van der Waals surface area (Å²) in [7, 11) is 0. The Morgan fingerprint density at radius 1 is 0.765 bits per heavy atom.